The first-order chi connectivity index (χ1) is 8.42. The van der Waals surface area contributed by atoms with Crippen LogP contribution in [-0.2, 0) is 6.42 Å². The van der Waals surface area contributed by atoms with Crippen LogP contribution in [0.15, 0.2) is 28.9 Å². The Bertz CT molecular complexity index is 474. The molecule has 1 aliphatic rings. The molecule has 2 aromatic heterocycles. The van der Waals surface area contributed by atoms with E-state index in [0.29, 0.717) is 5.89 Å². The number of hydrogen-bond acceptors (Lipinski definition) is 4. The average Bonchev–Trinajstić information content (AvgIpc) is 3.02. The van der Waals surface area contributed by atoms with Gasteiger partial charge >= 0.3 is 0 Å². The van der Waals surface area contributed by atoms with Gasteiger partial charge in [0.05, 0.1) is 5.56 Å². The zero-order valence-corrected chi connectivity index (χ0v) is 9.67. The summed E-state index contributed by atoms with van der Waals surface area (Å²) in [6, 6.07) is 3.80. The van der Waals surface area contributed by atoms with Gasteiger partial charge in [0.2, 0.25) is 11.8 Å². The molecule has 0 saturated heterocycles. The summed E-state index contributed by atoms with van der Waals surface area (Å²) in [5.74, 6) is 2.07. The van der Waals surface area contributed by atoms with Crippen molar-refractivity contribution in [1.82, 2.24) is 15.2 Å². The minimum atomic E-state index is 0.575. The summed E-state index contributed by atoms with van der Waals surface area (Å²) in [4.78, 5) is 4.05. The Morgan fingerprint density at radius 3 is 2.88 bits per heavy atom. The van der Waals surface area contributed by atoms with Crippen LogP contribution in [0.3, 0.4) is 0 Å². The summed E-state index contributed by atoms with van der Waals surface area (Å²) >= 11 is 0. The van der Waals surface area contributed by atoms with Gasteiger partial charge in [0, 0.05) is 18.8 Å². The molecule has 88 valence electrons. The van der Waals surface area contributed by atoms with E-state index in [9.17, 15) is 0 Å². The first-order valence-corrected chi connectivity index (χ1v) is 6.14. The molecule has 0 amide bonds. The van der Waals surface area contributed by atoms with E-state index in [1.165, 1.54) is 25.7 Å². The van der Waals surface area contributed by atoms with Gasteiger partial charge in [-0.1, -0.05) is 12.8 Å². The molecule has 0 bridgehead atoms. The van der Waals surface area contributed by atoms with Crippen molar-refractivity contribution in [1.29, 1.82) is 0 Å². The highest BCUT2D eigenvalue weighted by Crippen LogP contribution is 2.28. The zero-order chi connectivity index (χ0) is 11.5. The van der Waals surface area contributed by atoms with E-state index in [4.69, 9.17) is 4.42 Å². The lowest BCUT2D eigenvalue weighted by atomic mass is 10.0. The lowest BCUT2D eigenvalue weighted by Crippen LogP contribution is -1.98. The molecule has 0 atom stereocenters. The second-order valence-corrected chi connectivity index (χ2v) is 4.60. The van der Waals surface area contributed by atoms with Crippen molar-refractivity contribution in [2.24, 2.45) is 5.92 Å². The molecule has 0 unspecified atom stereocenters. The van der Waals surface area contributed by atoms with Crippen molar-refractivity contribution in [3.63, 3.8) is 0 Å². The van der Waals surface area contributed by atoms with E-state index in [2.05, 4.69) is 15.2 Å². The van der Waals surface area contributed by atoms with Crippen molar-refractivity contribution in [2.75, 3.05) is 0 Å². The van der Waals surface area contributed by atoms with E-state index in [-0.39, 0.29) is 0 Å². The number of nitrogens with zero attached hydrogens (tertiary/aromatic N) is 3. The molecular weight excluding hydrogens is 214 g/mol. The summed E-state index contributed by atoms with van der Waals surface area (Å²) in [6.07, 6.45) is 9.68. The molecule has 1 saturated carbocycles. The van der Waals surface area contributed by atoms with Crippen molar-refractivity contribution in [3.8, 4) is 11.5 Å². The van der Waals surface area contributed by atoms with Crippen molar-refractivity contribution in [3.05, 3.63) is 30.4 Å². The quantitative estimate of drug-likeness (QED) is 0.812. The van der Waals surface area contributed by atoms with Crippen LogP contribution in [0.5, 0.6) is 0 Å². The van der Waals surface area contributed by atoms with Crippen LogP contribution >= 0.6 is 0 Å². The second-order valence-electron chi connectivity index (χ2n) is 4.60. The second kappa shape index (κ2) is 4.65. The molecule has 1 fully saturated rings. The maximum absolute atomic E-state index is 5.67. The molecule has 4 heteroatoms. The smallest absolute Gasteiger partial charge is 0.249 e. The Balaban J connectivity index is 1.74. The van der Waals surface area contributed by atoms with Gasteiger partial charge in [-0.25, -0.2) is 0 Å². The molecule has 1 aliphatic carbocycles. The van der Waals surface area contributed by atoms with E-state index < -0.39 is 0 Å². The minimum absolute atomic E-state index is 0.575. The zero-order valence-electron chi connectivity index (χ0n) is 9.67. The summed E-state index contributed by atoms with van der Waals surface area (Å²) < 4.78 is 5.67. The molecule has 2 heterocycles. The fraction of sp³-hybridized carbons (Fsp3) is 0.462. The summed E-state index contributed by atoms with van der Waals surface area (Å²) in [7, 11) is 0. The molecule has 3 rings (SSSR count). The number of pyridine rings is 1. The largest absolute Gasteiger partial charge is 0.421 e. The molecular formula is C13H15N3O. The van der Waals surface area contributed by atoms with Crippen LogP contribution < -0.4 is 0 Å². The van der Waals surface area contributed by atoms with Gasteiger partial charge < -0.3 is 4.42 Å². The first-order valence-electron chi connectivity index (χ1n) is 6.14. The molecule has 0 spiro atoms. The Labute approximate surface area is 100 Å². The minimum Gasteiger partial charge on any atom is -0.421 e. The molecule has 0 radical (unpaired) electrons. The van der Waals surface area contributed by atoms with Crippen molar-refractivity contribution < 1.29 is 4.42 Å². The molecule has 17 heavy (non-hydrogen) atoms. The third-order valence-electron chi connectivity index (χ3n) is 3.31. The normalized spacial score (nSPS) is 16.5. The van der Waals surface area contributed by atoms with Gasteiger partial charge in [-0.15, -0.1) is 10.2 Å². The maximum Gasteiger partial charge on any atom is 0.249 e. The molecule has 0 aliphatic heterocycles. The third kappa shape index (κ3) is 2.35. The molecule has 4 nitrogen and oxygen atoms in total. The summed E-state index contributed by atoms with van der Waals surface area (Å²) in [5.41, 5.74) is 0.887. The predicted octanol–water partition coefficient (Wildman–Crippen LogP) is 2.86. The van der Waals surface area contributed by atoms with Crippen LogP contribution in [0.25, 0.3) is 11.5 Å². The van der Waals surface area contributed by atoms with Gasteiger partial charge in [-0.2, -0.15) is 0 Å². The number of rotatable bonds is 3. The fourth-order valence-corrected chi connectivity index (χ4v) is 2.40. The predicted molar refractivity (Wildman–Crippen MR) is 63.2 cm³/mol. The maximum atomic E-state index is 5.67. The van der Waals surface area contributed by atoms with E-state index >= 15 is 0 Å². The van der Waals surface area contributed by atoms with Gasteiger partial charge in [0.25, 0.3) is 0 Å². The topological polar surface area (TPSA) is 51.8 Å². The summed E-state index contributed by atoms with van der Waals surface area (Å²) in [5, 5.41) is 8.18. The van der Waals surface area contributed by atoms with Gasteiger partial charge in [0.1, 0.15) is 0 Å². The van der Waals surface area contributed by atoms with Gasteiger partial charge in [0.15, 0.2) is 0 Å². The molecule has 0 aromatic carbocycles. The Morgan fingerprint density at radius 1 is 1.24 bits per heavy atom. The molecule has 2 aromatic rings. The highest BCUT2D eigenvalue weighted by molar-refractivity contribution is 5.49. The average molecular weight is 229 g/mol. The van der Waals surface area contributed by atoms with Gasteiger partial charge in [-0.05, 0) is 30.9 Å². The highest BCUT2D eigenvalue weighted by Gasteiger charge is 2.18. The van der Waals surface area contributed by atoms with Crippen LogP contribution in [0.1, 0.15) is 31.6 Å². The van der Waals surface area contributed by atoms with Crippen LogP contribution in [-0.4, -0.2) is 15.2 Å². The van der Waals surface area contributed by atoms with E-state index in [1.807, 2.05) is 12.1 Å². The Morgan fingerprint density at radius 2 is 2.12 bits per heavy atom. The first kappa shape index (κ1) is 10.4. The van der Waals surface area contributed by atoms with E-state index in [0.717, 1.165) is 23.8 Å². The van der Waals surface area contributed by atoms with Gasteiger partial charge in [-0.3, -0.25) is 4.98 Å². The van der Waals surface area contributed by atoms with E-state index in [1.54, 1.807) is 12.4 Å². The fourth-order valence-electron chi connectivity index (χ4n) is 2.40. The lowest BCUT2D eigenvalue weighted by Gasteiger charge is -2.03. The Hall–Kier alpha value is -1.71. The lowest BCUT2D eigenvalue weighted by molar-refractivity contribution is 0.437. The van der Waals surface area contributed by atoms with Crippen LogP contribution in [0.4, 0.5) is 0 Å². The monoisotopic (exact) mass is 229 g/mol. The molecule has 0 N–H and O–H groups in total. The van der Waals surface area contributed by atoms with Crippen LogP contribution in [0.2, 0.25) is 0 Å². The number of aromatic nitrogens is 3. The van der Waals surface area contributed by atoms with Crippen molar-refractivity contribution >= 4 is 0 Å². The van der Waals surface area contributed by atoms with Crippen molar-refractivity contribution in [2.45, 2.75) is 32.1 Å². The highest BCUT2D eigenvalue weighted by atomic mass is 16.4. The standard InChI is InChI=1S/C13H15N3O/c1-2-5-10(4-1)8-12-15-16-13(17-12)11-6-3-7-14-9-11/h3,6-7,9-10H,1-2,4-5,8H2. The number of hydrogen-bond donors (Lipinski definition) is 0. The summed E-state index contributed by atoms with van der Waals surface area (Å²) in [6.45, 7) is 0. The SMILES string of the molecule is c1cncc(-c2nnc(CC3CCCC3)o2)c1. The third-order valence-corrected chi connectivity index (χ3v) is 3.31. The van der Waals surface area contributed by atoms with Crippen LogP contribution in [0, 0.1) is 5.92 Å². The Kier molecular flexibility index (Phi) is 2.86.